The van der Waals surface area contributed by atoms with Crippen LogP contribution in [0, 0.1) is 0 Å². The van der Waals surface area contributed by atoms with Crippen LogP contribution in [0.5, 0.6) is 0 Å². The average Bonchev–Trinajstić information content (AvgIpc) is 2.42. The molecule has 1 aliphatic rings. The lowest BCUT2D eigenvalue weighted by Gasteiger charge is -2.32. The molecule has 0 aliphatic carbocycles. The van der Waals surface area contributed by atoms with Crippen LogP contribution in [0.15, 0.2) is 0 Å². The normalized spacial score (nSPS) is 21.4. The van der Waals surface area contributed by atoms with Gasteiger partial charge in [0, 0.05) is 6.54 Å². The van der Waals surface area contributed by atoms with E-state index in [0.29, 0.717) is 6.54 Å². The molecule has 1 fully saturated rings. The molecule has 0 aromatic heterocycles. The lowest BCUT2D eigenvalue weighted by atomic mass is 9.89. The Morgan fingerprint density at radius 1 is 1.17 bits per heavy atom. The number of nitrogens with zero attached hydrogens (tertiary/aromatic N) is 1. The van der Waals surface area contributed by atoms with Crippen LogP contribution in [0.1, 0.15) is 34.1 Å². The van der Waals surface area contributed by atoms with Crippen molar-refractivity contribution in [3.05, 3.63) is 0 Å². The first-order valence-electron chi connectivity index (χ1n) is 6.44. The third kappa shape index (κ3) is 3.70. The van der Waals surface area contributed by atoms with Gasteiger partial charge in [-0.3, -0.25) is 4.79 Å². The van der Waals surface area contributed by atoms with E-state index in [1.807, 2.05) is 41.8 Å². The van der Waals surface area contributed by atoms with E-state index >= 15 is 0 Å². The van der Waals surface area contributed by atoms with Crippen molar-refractivity contribution in [1.82, 2.24) is 10.2 Å². The van der Waals surface area contributed by atoms with Gasteiger partial charge in [-0.25, -0.2) is 0 Å². The van der Waals surface area contributed by atoms with E-state index < -0.39 is 18.3 Å². The van der Waals surface area contributed by atoms with Crippen molar-refractivity contribution in [3.8, 4) is 0 Å². The highest BCUT2D eigenvalue weighted by Crippen LogP contribution is 2.36. The standard InChI is InChI=1S/C12H25BN2O3/c1-11(2)12(3,4)18-13(17-11)10(16)14-8-7-9-15(5)6/h7-9H2,1-6H3,(H,14,16). The van der Waals surface area contributed by atoms with Gasteiger partial charge in [0.15, 0.2) is 0 Å². The molecule has 0 unspecified atom stereocenters. The summed E-state index contributed by atoms with van der Waals surface area (Å²) in [4.78, 5) is 14.0. The van der Waals surface area contributed by atoms with Gasteiger partial charge >= 0.3 is 7.12 Å². The molecular formula is C12H25BN2O3. The Bertz CT molecular complexity index is 290. The Balaban J connectivity index is 2.37. The minimum atomic E-state index is -0.797. The Hall–Kier alpha value is -0.585. The van der Waals surface area contributed by atoms with Crippen LogP contribution >= 0.6 is 0 Å². The smallest absolute Gasteiger partial charge is 0.396 e. The third-order valence-corrected chi connectivity index (χ3v) is 3.55. The van der Waals surface area contributed by atoms with E-state index in [1.165, 1.54) is 0 Å². The highest BCUT2D eigenvalue weighted by atomic mass is 16.7. The molecule has 0 spiro atoms. The highest BCUT2D eigenvalue weighted by molar-refractivity contribution is 6.80. The molecular weight excluding hydrogens is 231 g/mol. The molecule has 0 bridgehead atoms. The van der Waals surface area contributed by atoms with Gasteiger partial charge in [-0.15, -0.1) is 0 Å². The first kappa shape index (κ1) is 15.5. The van der Waals surface area contributed by atoms with E-state index in [4.69, 9.17) is 9.31 Å². The third-order valence-electron chi connectivity index (χ3n) is 3.55. The molecule has 104 valence electrons. The van der Waals surface area contributed by atoms with Crippen molar-refractivity contribution in [2.24, 2.45) is 0 Å². The predicted molar refractivity (Wildman–Crippen MR) is 72.7 cm³/mol. The topological polar surface area (TPSA) is 50.8 Å². The molecule has 0 aromatic carbocycles. The number of carbonyl (C=O) groups excluding carboxylic acids is 1. The molecule has 1 heterocycles. The highest BCUT2D eigenvalue weighted by Gasteiger charge is 2.54. The van der Waals surface area contributed by atoms with Gasteiger partial charge in [0.1, 0.15) is 0 Å². The Kier molecular flexibility index (Phi) is 4.81. The fourth-order valence-electron chi connectivity index (χ4n) is 1.64. The Morgan fingerprint density at radius 2 is 1.67 bits per heavy atom. The Labute approximate surface area is 110 Å². The second-order valence-electron chi connectivity index (χ2n) is 6.04. The van der Waals surface area contributed by atoms with Gasteiger partial charge in [-0.1, -0.05) is 0 Å². The summed E-state index contributed by atoms with van der Waals surface area (Å²) in [5, 5.41) is 2.84. The number of nitrogens with one attached hydrogen (secondary N) is 1. The molecule has 0 atom stereocenters. The Morgan fingerprint density at radius 3 is 2.11 bits per heavy atom. The maximum absolute atomic E-state index is 11.9. The molecule has 0 saturated carbocycles. The summed E-state index contributed by atoms with van der Waals surface area (Å²) in [6.45, 7) is 9.34. The van der Waals surface area contributed by atoms with Gasteiger partial charge in [0.25, 0.3) is 0 Å². The van der Waals surface area contributed by atoms with Crippen LogP contribution in [0.25, 0.3) is 0 Å². The average molecular weight is 256 g/mol. The minimum absolute atomic E-state index is 0.188. The monoisotopic (exact) mass is 256 g/mol. The fourth-order valence-corrected chi connectivity index (χ4v) is 1.64. The number of amides is 1. The maximum atomic E-state index is 11.9. The van der Waals surface area contributed by atoms with E-state index in [1.54, 1.807) is 0 Å². The lowest BCUT2D eigenvalue weighted by Crippen LogP contribution is -2.41. The number of rotatable bonds is 5. The summed E-state index contributed by atoms with van der Waals surface area (Å²) in [5.74, 6) is -0.188. The zero-order chi connectivity index (χ0) is 14.0. The predicted octanol–water partition coefficient (Wildman–Crippen LogP) is 1.32. The first-order chi connectivity index (χ1) is 8.16. The minimum Gasteiger partial charge on any atom is -0.396 e. The van der Waals surface area contributed by atoms with Crippen LogP contribution < -0.4 is 5.32 Å². The summed E-state index contributed by atoms with van der Waals surface area (Å²) in [5.41, 5.74) is -0.919. The SMILES string of the molecule is CN(C)CCCNC(=O)B1OC(C)(C)C(C)(C)O1. The molecule has 1 saturated heterocycles. The summed E-state index contributed by atoms with van der Waals surface area (Å²) < 4.78 is 11.3. The van der Waals surface area contributed by atoms with Gasteiger partial charge in [0.05, 0.1) is 11.2 Å². The van der Waals surface area contributed by atoms with Crippen LogP contribution in [-0.4, -0.2) is 56.2 Å². The fraction of sp³-hybridized carbons (Fsp3) is 0.917. The molecule has 0 aromatic rings. The van der Waals surface area contributed by atoms with E-state index in [2.05, 4.69) is 10.2 Å². The van der Waals surface area contributed by atoms with Crippen molar-refractivity contribution in [1.29, 1.82) is 0 Å². The largest absolute Gasteiger partial charge is 0.558 e. The van der Waals surface area contributed by atoms with E-state index in [-0.39, 0.29) is 5.81 Å². The van der Waals surface area contributed by atoms with E-state index in [0.717, 1.165) is 13.0 Å². The van der Waals surface area contributed by atoms with E-state index in [9.17, 15) is 4.79 Å². The molecule has 6 heteroatoms. The summed E-state index contributed by atoms with van der Waals surface area (Å²) in [6, 6.07) is 0. The van der Waals surface area contributed by atoms with Crippen molar-refractivity contribution < 1.29 is 14.1 Å². The van der Waals surface area contributed by atoms with Crippen LogP contribution in [0.4, 0.5) is 4.79 Å². The second kappa shape index (κ2) is 5.59. The van der Waals surface area contributed by atoms with Gasteiger partial charge in [-0.05, 0) is 54.8 Å². The lowest BCUT2D eigenvalue weighted by molar-refractivity contribution is 0.00578. The summed E-state index contributed by atoms with van der Waals surface area (Å²) >= 11 is 0. The van der Waals surface area contributed by atoms with Crippen molar-refractivity contribution in [3.63, 3.8) is 0 Å². The second-order valence-corrected chi connectivity index (χ2v) is 6.04. The number of carbonyl (C=O) groups is 1. The number of hydrogen-bond donors (Lipinski definition) is 1. The zero-order valence-corrected chi connectivity index (χ0v) is 12.4. The molecule has 1 N–H and O–H groups in total. The van der Waals surface area contributed by atoms with Crippen molar-refractivity contribution in [2.75, 3.05) is 27.2 Å². The van der Waals surface area contributed by atoms with Gasteiger partial charge in [0.2, 0.25) is 5.81 Å². The zero-order valence-electron chi connectivity index (χ0n) is 12.4. The quantitative estimate of drug-likeness (QED) is 0.595. The maximum Gasteiger partial charge on any atom is 0.558 e. The van der Waals surface area contributed by atoms with Crippen molar-refractivity contribution in [2.45, 2.75) is 45.3 Å². The summed E-state index contributed by atoms with van der Waals surface area (Å²) in [7, 11) is 3.22. The van der Waals surface area contributed by atoms with Gasteiger partial charge < -0.3 is 19.5 Å². The molecule has 18 heavy (non-hydrogen) atoms. The summed E-state index contributed by atoms with van der Waals surface area (Å²) in [6.07, 6.45) is 0.915. The molecule has 1 amide bonds. The molecule has 1 aliphatic heterocycles. The molecule has 5 nitrogen and oxygen atoms in total. The first-order valence-corrected chi connectivity index (χ1v) is 6.44. The molecule has 1 rings (SSSR count). The van der Waals surface area contributed by atoms with Crippen LogP contribution in [-0.2, 0) is 9.31 Å². The van der Waals surface area contributed by atoms with Crippen LogP contribution in [0.3, 0.4) is 0 Å². The molecule has 0 radical (unpaired) electrons. The van der Waals surface area contributed by atoms with Crippen LogP contribution in [0.2, 0.25) is 0 Å². The number of hydrogen-bond acceptors (Lipinski definition) is 4. The van der Waals surface area contributed by atoms with Crippen molar-refractivity contribution >= 4 is 12.9 Å². The van der Waals surface area contributed by atoms with Gasteiger partial charge in [-0.2, -0.15) is 0 Å².